The Morgan fingerprint density at radius 2 is 1.86 bits per heavy atom. The van der Waals surface area contributed by atoms with Crippen LogP contribution in [0.1, 0.15) is 40.0 Å². The number of nitrogens with zero attached hydrogens (tertiary/aromatic N) is 2. The molecule has 0 bridgehead atoms. The van der Waals surface area contributed by atoms with Gasteiger partial charge in [-0.2, -0.15) is 15.4 Å². The summed E-state index contributed by atoms with van der Waals surface area (Å²) in [6.45, 7) is 6.10. The highest BCUT2D eigenvalue weighted by molar-refractivity contribution is 5.97. The number of carbonyl (C=O) groups excluding carboxylic acids is 1. The number of carbonyl (C=O) groups is 1. The zero-order chi connectivity index (χ0) is 15.7. The lowest BCUT2D eigenvalue weighted by Gasteiger charge is -2.17. The van der Waals surface area contributed by atoms with Crippen LogP contribution in [0.3, 0.4) is 0 Å². The molecule has 1 aromatic heterocycles. The van der Waals surface area contributed by atoms with Crippen molar-refractivity contribution in [2.75, 3.05) is 0 Å². The average Bonchev–Trinajstić information content (AvgIpc) is 2.97. The number of fused-ring (bicyclic) bond motifs is 1. The molecule has 2 N–H and O–H groups in total. The summed E-state index contributed by atoms with van der Waals surface area (Å²) >= 11 is 0. The summed E-state index contributed by atoms with van der Waals surface area (Å²) in [5.74, 6) is -0.113. The Balaban J connectivity index is 1.82. The Kier molecular flexibility index (Phi) is 3.63. The number of aryl methyl sites for hydroxylation is 2. The third-order valence-electron chi connectivity index (χ3n) is 3.83. The molecule has 0 aliphatic heterocycles. The molecule has 0 aliphatic rings. The van der Waals surface area contributed by atoms with Crippen molar-refractivity contribution in [1.29, 1.82) is 0 Å². The molecule has 112 valence electrons. The second kappa shape index (κ2) is 5.60. The highest BCUT2D eigenvalue weighted by Crippen LogP contribution is 2.20. The lowest BCUT2D eigenvalue weighted by atomic mass is 9.99. The van der Waals surface area contributed by atoms with Crippen molar-refractivity contribution in [1.82, 2.24) is 20.7 Å². The van der Waals surface area contributed by atoms with Gasteiger partial charge in [-0.25, -0.2) is 0 Å². The molecule has 3 aromatic rings. The molecule has 0 saturated carbocycles. The van der Waals surface area contributed by atoms with Crippen molar-refractivity contribution in [3.8, 4) is 0 Å². The molecule has 22 heavy (non-hydrogen) atoms. The Labute approximate surface area is 128 Å². The van der Waals surface area contributed by atoms with Crippen molar-refractivity contribution in [2.24, 2.45) is 0 Å². The molecular weight excluding hydrogens is 276 g/mol. The van der Waals surface area contributed by atoms with Crippen LogP contribution >= 0.6 is 0 Å². The van der Waals surface area contributed by atoms with Crippen LogP contribution in [-0.4, -0.2) is 21.3 Å². The van der Waals surface area contributed by atoms with Gasteiger partial charge in [0.25, 0.3) is 5.91 Å². The summed E-state index contributed by atoms with van der Waals surface area (Å²) in [6, 6.07) is 11.5. The van der Waals surface area contributed by atoms with E-state index in [4.69, 9.17) is 0 Å². The van der Waals surface area contributed by atoms with Gasteiger partial charge in [0.1, 0.15) is 11.0 Å². The molecule has 2 aromatic carbocycles. The predicted molar refractivity (Wildman–Crippen MR) is 85.7 cm³/mol. The maximum atomic E-state index is 12.4. The summed E-state index contributed by atoms with van der Waals surface area (Å²) in [4.78, 5) is 12.4. The van der Waals surface area contributed by atoms with Crippen LogP contribution < -0.4 is 5.32 Å². The SMILES string of the molecule is Cc1ccc(C)c([C@@H](C)NC(=O)c2ccc3n[nH]nc3c2)c1. The van der Waals surface area contributed by atoms with Crippen LogP contribution in [0.15, 0.2) is 36.4 Å². The van der Waals surface area contributed by atoms with Gasteiger partial charge in [-0.05, 0) is 50.1 Å². The van der Waals surface area contributed by atoms with Gasteiger partial charge in [-0.3, -0.25) is 4.79 Å². The van der Waals surface area contributed by atoms with Crippen LogP contribution in [0.25, 0.3) is 11.0 Å². The van der Waals surface area contributed by atoms with Gasteiger partial charge < -0.3 is 5.32 Å². The fourth-order valence-electron chi connectivity index (χ4n) is 2.57. The first-order chi connectivity index (χ1) is 10.5. The summed E-state index contributed by atoms with van der Waals surface area (Å²) < 4.78 is 0. The van der Waals surface area contributed by atoms with Crippen molar-refractivity contribution in [2.45, 2.75) is 26.8 Å². The molecule has 1 atom stereocenters. The number of rotatable bonds is 3. The molecule has 3 rings (SSSR count). The number of H-pyrrole nitrogens is 1. The topological polar surface area (TPSA) is 70.7 Å². The van der Waals surface area contributed by atoms with Crippen LogP contribution in [0.5, 0.6) is 0 Å². The Morgan fingerprint density at radius 1 is 1.09 bits per heavy atom. The molecular formula is C17H18N4O. The number of aromatic nitrogens is 3. The zero-order valence-corrected chi connectivity index (χ0v) is 12.8. The number of hydrogen-bond donors (Lipinski definition) is 2. The molecule has 5 heteroatoms. The van der Waals surface area contributed by atoms with E-state index in [1.807, 2.05) is 6.92 Å². The van der Waals surface area contributed by atoms with E-state index >= 15 is 0 Å². The maximum absolute atomic E-state index is 12.4. The van der Waals surface area contributed by atoms with E-state index in [1.54, 1.807) is 18.2 Å². The maximum Gasteiger partial charge on any atom is 0.251 e. The molecule has 0 fully saturated rings. The Morgan fingerprint density at radius 3 is 2.68 bits per heavy atom. The predicted octanol–water partition coefficient (Wildman–Crippen LogP) is 3.07. The molecule has 0 unspecified atom stereocenters. The van der Waals surface area contributed by atoms with Gasteiger partial charge >= 0.3 is 0 Å². The van der Waals surface area contributed by atoms with Crippen LogP contribution in [0.4, 0.5) is 0 Å². The summed E-state index contributed by atoms with van der Waals surface area (Å²) in [5, 5.41) is 13.6. The lowest BCUT2D eigenvalue weighted by Crippen LogP contribution is -2.27. The van der Waals surface area contributed by atoms with Gasteiger partial charge in [0.15, 0.2) is 0 Å². The second-order valence-electron chi connectivity index (χ2n) is 5.58. The fraction of sp³-hybridized carbons (Fsp3) is 0.235. The standard InChI is InChI=1S/C17H18N4O/c1-10-4-5-11(2)14(8-10)12(3)18-17(22)13-6-7-15-16(9-13)20-21-19-15/h4-9,12H,1-3H3,(H,18,22)(H,19,20,21)/t12-/m1/s1. The van der Waals surface area contributed by atoms with E-state index in [9.17, 15) is 4.79 Å². The lowest BCUT2D eigenvalue weighted by molar-refractivity contribution is 0.0940. The Hall–Kier alpha value is -2.69. The molecule has 5 nitrogen and oxygen atoms in total. The average molecular weight is 294 g/mol. The third-order valence-corrected chi connectivity index (χ3v) is 3.83. The van der Waals surface area contributed by atoms with E-state index in [0.29, 0.717) is 11.1 Å². The van der Waals surface area contributed by atoms with Crippen LogP contribution in [-0.2, 0) is 0 Å². The minimum Gasteiger partial charge on any atom is -0.346 e. The van der Waals surface area contributed by atoms with Crippen molar-refractivity contribution >= 4 is 16.9 Å². The molecule has 1 heterocycles. The van der Waals surface area contributed by atoms with Gasteiger partial charge in [0, 0.05) is 5.56 Å². The van der Waals surface area contributed by atoms with Crippen LogP contribution in [0.2, 0.25) is 0 Å². The number of nitrogens with one attached hydrogen (secondary N) is 2. The van der Waals surface area contributed by atoms with Crippen molar-refractivity contribution in [3.05, 3.63) is 58.7 Å². The largest absolute Gasteiger partial charge is 0.346 e. The first-order valence-corrected chi connectivity index (χ1v) is 7.23. The number of aromatic amines is 1. The summed E-state index contributed by atoms with van der Waals surface area (Å²) in [7, 11) is 0. The van der Waals surface area contributed by atoms with Crippen molar-refractivity contribution in [3.63, 3.8) is 0 Å². The number of benzene rings is 2. The van der Waals surface area contributed by atoms with Gasteiger partial charge in [-0.1, -0.05) is 23.8 Å². The highest BCUT2D eigenvalue weighted by Gasteiger charge is 2.14. The number of hydrogen-bond acceptors (Lipinski definition) is 3. The van der Waals surface area contributed by atoms with Crippen LogP contribution in [0, 0.1) is 13.8 Å². The van der Waals surface area contributed by atoms with E-state index in [2.05, 4.69) is 52.8 Å². The highest BCUT2D eigenvalue weighted by atomic mass is 16.1. The monoisotopic (exact) mass is 294 g/mol. The zero-order valence-electron chi connectivity index (χ0n) is 12.8. The van der Waals surface area contributed by atoms with Gasteiger partial charge in [0.05, 0.1) is 6.04 Å². The van der Waals surface area contributed by atoms with E-state index in [-0.39, 0.29) is 11.9 Å². The molecule has 0 spiro atoms. The van der Waals surface area contributed by atoms with Gasteiger partial charge in [0.2, 0.25) is 0 Å². The summed E-state index contributed by atoms with van der Waals surface area (Å²) in [6.07, 6.45) is 0. The minimum atomic E-state index is -0.113. The second-order valence-corrected chi connectivity index (χ2v) is 5.58. The van der Waals surface area contributed by atoms with E-state index < -0.39 is 0 Å². The minimum absolute atomic E-state index is 0.0552. The Bertz CT molecular complexity index is 838. The number of amides is 1. The normalized spacial score (nSPS) is 12.3. The van der Waals surface area contributed by atoms with Crippen molar-refractivity contribution < 1.29 is 4.79 Å². The molecule has 0 saturated heterocycles. The molecule has 0 aliphatic carbocycles. The fourth-order valence-corrected chi connectivity index (χ4v) is 2.57. The molecule has 1 amide bonds. The smallest absolute Gasteiger partial charge is 0.251 e. The van der Waals surface area contributed by atoms with Gasteiger partial charge in [-0.15, -0.1) is 0 Å². The quantitative estimate of drug-likeness (QED) is 0.780. The third kappa shape index (κ3) is 2.70. The van der Waals surface area contributed by atoms with E-state index in [0.717, 1.165) is 11.1 Å². The van der Waals surface area contributed by atoms with E-state index in [1.165, 1.54) is 11.1 Å². The first kappa shape index (κ1) is 14.3. The summed E-state index contributed by atoms with van der Waals surface area (Å²) in [5.41, 5.74) is 5.51. The first-order valence-electron chi connectivity index (χ1n) is 7.23. The molecule has 0 radical (unpaired) electrons.